The predicted octanol–water partition coefficient (Wildman–Crippen LogP) is 4.89. The third-order valence-electron chi connectivity index (χ3n) is 3.49. The van der Waals surface area contributed by atoms with E-state index in [1.807, 2.05) is 48.7 Å². The molecule has 3 aromatic rings. The zero-order chi connectivity index (χ0) is 14.8. The zero-order valence-electron chi connectivity index (χ0n) is 11.3. The lowest BCUT2D eigenvalue weighted by atomic mass is 9.97. The van der Waals surface area contributed by atoms with Gasteiger partial charge in [-0.1, -0.05) is 45.7 Å². The van der Waals surface area contributed by atoms with E-state index >= 15 is 0 Å². The van der Waals surface area contributed by atoms with Crippen molar-refractivity contribution in [2.24, 2.45) is 5.73 Å². The molecule has 2 N–H and O–H groups in total. The fraction of sp³-hybridized carbons (Fsp3) is 0.118. The van der Waals surface area contributed by atoms with Gasteiger partial charge < -0.3 is 5.73 Å². The molecule has 1 aromatic heterocycles. The largest absolute Gasteiger partial charge is 0.324 e. The van der Waals surface area contributed by atoms with E-state index in [1.165, 1.54) is 5.56 Å². The number of nitrogens with zero attached hydrogens (tertiary/aromatic N) is 1. The molecule has 0 radical (unpaired) electrons. The third kappa shape index (κ3) is 3.26. The molecule has 106 valence electrons. The van der Waals surface area contributed by atoms with Crippen LogP contribution >= 0.6 is 27.5 Å². The van der Waals surface area contributed by atoms with E-state index in [1.54, 1.807) is 0 Å². The van der Waals surface area contributed by atoms with Gasteiger partial charge in [-0.2, -0.15) is 0 Å². The maximum absolute atomic E-state index is 6.36. The molecule has 1 heterocycles. The van der Waals surface area contributed by atoms with Gasteiger partial charge in [0.15, 0.2) is 0 Å². The van der Waals surface area contributed by atoms with Crippen LogP contribution in [-0.2, 0) is 6.42 Å². The maximum atomic E-state index is 6.36. The van der Waals surface area contributed by atoms with Crippen molar-refractivity contribution in [3.8, 4) is 0 Å². The minimum Gasteiger partial charge on any atom is -0.324 e. The number of hydrogen-bond donors (Lipinski definition) is 1. The Hall–Kier alpha value is -1.42. The van der Waals surface area contributed by atoms with Crippen molar-refractivity contribution < 1.29 is 0 Å². The SMILES string of the molecule is NC(Cc1ccnc2ccccc12)c1cc(Cl)cc(Br)c1. The summed E-state index contributed by atoms with van der Waals surface area (Å²) in [5.74, 6) is 0. The predicted molar refractivity (Wildman–Crippen MR) is 91.5 cm³/mol. The van der Waals surface area contributed by atoms with E-state index in [2.05, 4.69) is 27.0 Å². The van der Waals surface area contributed by atoms with Gasteiger partial charge in [0.1, 0.15) is 0 Å². The fourth-order valence-corrected chi connectivity index (χ4v) is 3.36. The number of fused-ring (bicyclic) bond motifs is 1. The highest BCUT2D eigenvalue weighted by molar-refractivity contribution is 9.10. The second-order valence-corrected chi connectivity index (χ2v) is 6.35. The molecule has 1 unspecified atom stereocenters. The Balaban J connectivity index is 1.94. The van der Waals surface area contributed by atoms with Gasteiger partial charge in [-0.05, 0) is 47.9 Å². The van der Waals surface area contributed by atoms with Crippen molar-refractivity contribution >= 4 is 38.4 Å². The second kappa shape index (κ2) is 6.14. The van der Waals surface area contributed by atoms with Crippen molar-refractivity contribution in [3.05, 3.63) is 75.4 Å². The molecular weight excluding hydrogens is 348 g/mol. The van der Waals surface area contributed by atoms with Crippen LogP contribution in [0.15, 0.2) is 59.2 Å². The van der Waals surface area contributed by atoms with E-state index in [0.717, 1.165) is 27.4 Å². The molecular formula is C17H14BrClN2. The number of aromatic nitrogens is 1. The first kappa shape index (κ1) is 14.5. The molecule has 0 saturated heterocycles. The Bertz CT molecular complexity index is 763. The van der Waals surface area contributed by atoms with Crippen LogP contribution in [0.4, 0.5) is 0 Å². The molecule has 0 aliphatic rings. The maximum Gasteiger partial charge on any atom is 0.0704 e. The number of rotatable bonds is 3. The topological polar surface area (TPSA) is 38.9 Å². The normalized spacial score (nSPS) is 12.5. The molecule has 21 heavy (non-hydrogen) atoms. The summed E-state index contributed by atoms with van der Waals surface area (Å²) in [4.78, 5) is 4.38. The Morgan fingerprint density at radius 1 is 1.14 bits per heavy atom. The number of hydrogen-bond acceptors (Lipinski definition) is 2. The molecule has 0 fully saturated rings. The second-order valence-electron chi connectivity index (χ2n) is 5.00. The molecule has 2 nitrogen and oxygen atoms in total. The fourth-order valence-electron chi connectivity index (χ4n) is 2.48. The van der Waals surface area contributed by atoms with Crippen LogP contribution < -0.4 is 5.73 Å². The molecule has 0 spiro atoms. The van der Waals surface area contributed by atoms with Gasteiger partial charge in [0, 0.05) is 27.1 Å². The van der Waals surface area contributed by atoms with E-state index < -0.39 is 0 Å². The summed E-state index contributed by atoms with van der Waals surface area (Å²) in [5.41, 5.74) is 9.57. The monoisotopic (exact) mass is 360 g/mol. The summed E-state index contributed by atoms with van der Waals surface area (Å²) in [6, 6.07) is 15.8. The Morgan fingerprint density at radius 3 is 2.76 bits per heavy atom. The van der Waals surface area contributed by atoms with Crippen molar-refractivity contribution in [3.63, 3.8) is 0 Å². The van der Waals surface area contributed by atoms with Gasteiger partial charge in [0.25, 0.3) is 0 Å². The molecule has 1 atom stereocenters. The Morgan fingerprint density at radius 2 is 1.95 bits per heavy atom. The van der Waals surface area contributed by atoms with Crippen molar-refractivity contribution in [2.75, 3.05) is 0 Å². The first-order valence-electron chi connectivity index (χ1n) is 6.67. The highest BCUT2D eigenvalue weighted by atomic mass is 79.9. The minimum absolute atomic E-state index is 0.106. The lowest BCUT2D eigenvalue weighted by Crippen LogP contribution is -2.13. The molecule has 2 aromatic carbocycles. The number of halogens is 2. The van der Waals surface area contributed by atoms with Crippen LogP contribution in [0.2, 0.25) is 5.02 Å². The summed E-state index contributed by atoms with van der Waals surface area (Å²) >= 11 is 9.55. The average molecular weight is 362 g/mol. The van der Waals surface area contributed by atoms with Gasteiger partial charge in [0.2, 0.25) is 0 Å². The molecule has 0 aliphatic carbocycles. The van der Waals surface area contributed by atoms with Gasteiger partial charge >= 0.3 is 0 Å². The number of nitrogens with two attached hydrogens (primary N) is 1. The quantitative estimate of drug-likeness (QED) is 0.721. The van der Waals surface area contributed by atoms with Gasteiger partial charge in [-0.15, -0.1) is 0 Å². The average Bonchev–Trinajstić information content (AvgIpc) is 2.46. The lowest BCUT2D eigenvalue weighted by Gasteiger charge is -2.14. The molecule has 0 saturated carbocycles. The Labute approximate surface area is 137 Å². The van der Waals surface area contributed by atoms with Gasteiger partial charge in [-0.25, -0.2) is 0 Å². The summed E-state index contributed by atoms with van der Waals surface area (Å²) in [6.07, 6.45) is 2.58. The number of benzene rings is 2. The smallest absolute Gasteiger partial charge is 0.0704 e. The standard InChI is InChI=1S/C17H14BrClN2/c18-13-7-12(8-14(19)10-13)16(20)9-11-5-6-21-17-4-2-1-3-15(11)17/h1-8,10,16H,9,20H2. The van der Waals surface area contributed by atoms with Crippen molar-refractivity contribution in [2.45, 2.75) is 12.5 Å². The Kier molecular flexibility index (Phi) is 4.24. The van der Waals surface area contributed by atoms with Crippen LogP contribution in [0.1, 0.15) is 17.2 Å². The van der Waals surface area contributed by atoms with Crippen LogP contribution in [0.3, 0.4) is 0 Å². The first-order valence-corrected chi connectivity index (χ1v) is 7.85. The van der Waals surface area contributed by atoms with E-state index in [0.29, 0.717) is 5.02 Å². The summed E-state index contributed by atoms with van der Waals surface area (Å²) in [5, 5.41) is 1.84. The first-order chi connectivity index (χ1) is 10.1. The van der Waals surface area contributed by atoms with Crippen LogP contribution in [-0.4, -0.2) is 4.98 Å². The van der Waals surface area contributed by atoms with Crippen molar-refractivity contribution in [1.82, 2.24) is 4.98 Å². The van der Waals surface area contributed by atoms with Crippen LogP contribution in [0.25, 0.3) is 10.9 Å². The summed E-state index contributed by atoms with van der Waals surface area (Å²) < 4.78 is 0.944. The summed E-state index contributed by atoms with van der Waals surface area (Å²) in [6.45, 7) is 0. The molecule has 3 rings (SSSR count). The highest BCUT2D eigenvalue weighted by Crippen LogP contribution is 2.26. The highest BCUT2D eigenvalue weighted by Gasteiger charge is 2.11. The zero-order valence-corrected chi connectivity index (χ0v) is 13.6. The van der Waals surface area contributed by atoms with Gasteiger partial charge in [-0.3, -0.25) is 4.98 Å². The van der Waals surface area contributed by atoms with E-state index in [-0.39, 0.29) is 6.04 Å². The lowest BCUT2D eigenvalue weighted by molar-refractivity contribution is 0.724. The van der Waals surface area contributed by atoms with Crippen LogP contribution in [0, 0.1) is 0 Å². The van der Waals surface area contributed by atoms with Gasteiger partial charge in [0.05, 0.1) is 5.52 Å². The number of pyridine rings is 1. The molecule has 0 amide bonds. The van der Waals surface area contributed by atoms with Crippen LogP contribution in [0.5, 0.6) is 0 Å². The molecule has 0 aliphatic heterocycles. The molecule has 0 bridgehead atoms. The van der Waals surface area contributed by atoms with Crippen molar-refractivity contribution in [1.29, 1.82) is 0 Å². The van der Waals surface area contributed by atoms with E-state index in [9.17, 15) is 0 Å². The molecule has 4 heteroatoms. The minimum atomic E-state index is -0.106. The summed E-state index contributed by atoms with van der Waals surface area (Å²) in [7, 11) is 0. The third-order valence-corrected chi connectivity index (χ3v) is 4.17. The van der Waals surface area contributed by atoms with E-state index in [4.69, 9.17) is 17.3 Å². The number of para-hydroxylation sites is 1.